The zero-order valence-corrected chi connectivity index (χ0v) is 37.3. The van der Waals surface area contributed by atoms with Crippen LogP contribution < -0.4 is 4.40 Å². The molecule has 0 spiro atoms. The van der Waals surface area contributed by atoms with Gasteiger partial charge in [-0.3, -0.25) is 4.99 Å². The van der Waals surface area contributed by atoms with Crippen molar-refractivity contribution in [2.75, 3.05) is 0 Å². The number of benzene rings is 6. The van der Waals surface area contributed by atoms with E-state index >= 15 is 0 Å². The Morgan fingerprint density at radius 3 is 2.12 bits per heavy atom. The molecule has 3 heterocycles. The Bertz CT molecular complexity index is 2630. The van der Waals surface area contributed by atoms with Gasteiger partial charge in [-0.2, -0.15) is 0 Å². The van der Waals surface area contributed by atoms with E-state index in [1.165, 1.54) is 32.2 Å². The summed E-state index contributed by atoms with van der Waals surface area (Å²) in [5, 5.41) is 2.22. The fraction of sp³-hybridized carbons (Fsp3) is 0.176. The second-order valence-corrected chi connectivity index (χ2v) is 27.2. The van der Waals surface area contributed by atoms with Gasteiger partial charge in [0, 0.05) is 31.4 Å². The Morgan fingerprint density at radius 1 is 0.696 bits per heavy atom. The van der Waals surface area contributed by atoms with Crippen molar-refractivity contribution in [1.82, 2.24) is 4.98 Å². The van der Waals surface area contributed by atoms with Crippen LogP contribution in [0.4, 0.5) is 5.69 Å². The van der Waals surface area contributed by atoms with Crippen LogP contribution in [0, 0.1) is 17.5 Å². The van der Waals surface area contributed by atoms with Gasteiger partial charge in [-0.05, 0) is 40.1 Å². The number of hydrogen-bond acceptors (Lipinski definition) is 3. The molecule has 5 heteroatoms. The summed E-state index contributed by atoms with van der Waals surface area (Å²) in [5.74, 6) is 7.35. The van der Waals surface area contributed by atoms with Gasteiger partial charge in [0.25, 0.3) is 0 Å². The summed E-state index contributed by atoms with van der Waals surface area (Å²) in [6.07, 6.45) is 3.24. The molecule has 1 aliphatic rings. The van der Waals surface area contributed by atoms with E-state index in [4.69, 9.17) is 14.4 Å². The van der Waals surface area contributed by atoms with Gasteiger partial charge in [-0.15, -0.1) is 18.2 Å². The molecule has 56 heavy (non-hydrogen) atoms. The molecule has 8 aromatic rings. The number of rotatable bonds is 6. The van der Waals surface area contributed by atoms with Gasteiger partial charge in [0.1, 0.15) is 5.58 Å². The maximum absolute atomic E-state index is 6.34. The molecule has 0 N–H and O–H groups in total. The van der Waals surface area contributed by atoms with E-state index in [-0.39, 0.29) is 26.0 Å². The summed E-state index contributed by atoms with van der Waals surface area (Å²) < 4.78 is 7.88. The number of fused-ring (bicyclic) bond motifs is 4. The predicted molar refractivity (Wildman–Crippen MR) is 234 cm³/mol. The average molecular weight is 968 g/mol. The minimum absolute atomic E-state index is 0. The molecule has 6 aromatic carbocycles. The Labute approximate surface area is 347 Å². The minimum atomic E-state index is -1.90. The number of nitrogens with zero attached hydrogens (tertiary/aromatic N) is 2. The van der Waals surface area contributed by atoms with Gasteiger partial charge >= 0.3 is 132 Å². The summed E-state index contributed by atoms with van der Waals surface area (Å²) in [7, 11) is 0. The molecular formula is C51H46GeIrN2O-2. The molecule has 1 atom stereocenters. The third kappa shape index (κ3) is 8.30. The molecule has 0 fully saturated rings. The molecule has 1 aliphatic heterocycles. The van der Waals surface area contributed by atoms with E-state index in [0.717, 1.165) is 56.6 Å². The minimum Gasteiger partial charge on any atom is -0.501 e. The maximum atomic E-state index is 6.34. The van der Waals surface area contributed by atoms with Crippen LogP contribution in [0.2, 0.25) is 17.3 Å². The van der Waals surface area contributed by atoms with Crippen molar-refractivity contribution in [2.24, 2.45) is 10.4 Å². The maximum Gasteiger partial charge on any atom is 0.120 e. The number of hydrogen-bond donors (Lipinski definition) is 0. The van der Waals surface area contributed by atoms with Gasteiger partial charge in [-0.25, -0.2) is 0 Å². The first-order valence-electron chi connectivity index (χ1n) is 19.2. The molecule has 9 rings (SSSR count). The third-order valence-electron chi connectivity index (χ3n) is 10.2. The number of para-hydroxylation sites is 2. The molecule has 281 valence electrons. The van der Waals surface area contributed by atoms with Crippen LogP contribution in [0.25, 0.3) is 44.3 Å². The summed E-state index contributed by atoms with van der Waals surface area (Å²) in [6, 6.07) is 57.1. The number of furan rings is 1. The first kappa shape index (κ1) is 39.4. The monoisotopic (exact) mass is 969 g/mol. The second-order valence-electron chi connectivity index (χ2n) is 16.7. The molecule has 0 aliphatic carbocycles. The Hall–Kier alpha value is -4.87. The normalized spacial score (nSPS) is 13.8. The van der Waals surface area contributed by atoms with Crippen molar-refractivity contribution in [3.8, 4) is 22.4 Å². The van der Waals surface area contributed by atoms with Crippen LogP contribution in [0.15, 0.2) is 161 Å². The standard InChI is InChI=1S/C32H20NO.C19H26GeN.Ir/c1-2-9-21(10-3-1)22-17-19-23(20-18-22)30-26-12-4-6-15-28(26)33-31(30)27-14-8-13-25-24-11-5-7-16-29(24)34-32(25)27;1-19(2,3)13-16-12-18(15-10-8-7-9-11-15)21-14-17(16)20(4,5)6;/h1-13,15-20,30H;7-10,12,14H,13H2,1-6H3;/q2*-1;. The molecule has 1 radical (unpaired) electrons. The van der Waals surface area contributed by atoms with Crippen LogP contribution in [0.5, 0.6) is 0 Å². The molecule has 0 saturated carbocycles. The average Bonchev–Trinajstić information content (AvgIpc) is 3.77. The van der Waals surface area contributed by atoms with Gasteiger partial charge in [0.15, 0.2) is 0 Å². The van der Waals surface area contributed by atoms with Crippen molar-refractivity contribution in [1.29, 1.82) is 0 Å². The molecule has 0 saturated heterocycles. The van der Waals surface area contributed by atoms with Crippen molar-refractivity contribution in [3.63, 3.8) is 0 Å². The van der Waals surface area contributed by atoms with Crippen molar-refractivity contribution in [2.45, 2.75) is 50.4 Å². The van der Waals surface area contributed by atoms with Gasteiger partial charge < -0.3 is 4.42 Å². The van der Waals surface area contributed by atoms with Crippen LogP contribution in [-0.2, 0) is 26.5 Å². The van der Waals surface area contributed by atoms with E-state index in [1.807, 2.05) is 54.6 Å². The molecule has 1 unspecified atom stereocenters. The topological polar surface area (TPSA) is 38.4 Å². The van der Waals surface area contributed by atoms with E-state index in [1.54, 1.807) is 0 Å². The fourth-order valence-electron chi connectivity index (χ4n) is 7.68. The number of aliphatic imine (C=N–C) groups is 1. The van der Waals surface area contributed by atoms with E-state index in [2.05, 4.69) is 147 Å². The number of pyridine rings is 1. The third-order valence-corrected chi connectivity index (χ3v) is 14.5. The predicted octanol–water partition coefficient (Wildman–Crippen LogP) is 13.0. The first-order valence-corrected chi connectivity index (χ1v) is 26.5. The zero-order chi connectivity index (χ0) is 38.2. The first-order chi connectivity index (χ1) is 26.5. The van der Waals surface area contributed by atoms with E-state index in [0.29, 0.717) is 5.41 Å². The second kappa shape index (κ2) is 16.3. The van der Waals surface area contributed by atoms with E-state index < -0.39 is 13.3 Å². The molecule has 2 aromatic heterocycles. The molecule has 0 amide bonds. The number of aromatic nitrogens is 1. The van der Waals surface area contributed by atoms with Crippen LogP contribution in [0.3, 0.4) is 0 Å². The smallest absolute Gasteiger partial charge is 0.120 e. The molecular weight excluding hydrogens is 921 g/mol. The molecule has 3 nitrogen and oxygen atoms in total. The van der Waals surface area contributed by atoms with Crippen molar-refractivity contribution < 1.29 is 24.5 Å². The van der Waals surface area contributed by atoms with Gasteiger partial charge in [0.2, 0.25) is 0 Å². The van der Waals surface area contributed by atoms with Crippen molar-refractivity contribution >= 4 is 51.0 Å². The Balaban J connectivity index is 0.000000190. The van der Waals surface area contributed by atoms with Crippen molar-refractivity contribution in [3.05, 3.63) is 186 Å². The SMILES string of the molecule is CC(C)(C)Cc1cc(-c2[c-]cccc2)nc[c]1[Ge]([CH3])([CH3])[CH3].[Ir].[c-]1ccc2c(oc3ccccc32)c1C1=Nc2ccccc2C1c1ccc(-c2ccccc2)cc1. The van der Waals surface area contributed by atoms with E-state index in [9.17, 15) is 0 Å². The zero-order valence-electron chi connectivity index (χ0n) is 32.9. The summed E-state index contributed by atoms with van der Waals surface area (Å²) >= 11 is -1.90. The van der Waals surface area contributed by atoms with Crippen LogP contribution in [-0.4, -0.2) is 24.0 Å². The van der Waals surface area contributed by atoms with Crippen LogP contribution >= 0.6 is 0 Å². The van der Waals surface area contributed by atoms with Crippen LogP contribution in [0.1, 0.15) is 48.9 Å². The van der Waals surface area contributed by atoms with Gasteiger partial charge in [0.05, 0.1) is 11.3 Å². The Morgan fingerprint density at radius 2 is 1.39 bits per heavy atom. The van der Waals surface area contributed by atoms with Gasteiger partial charge in [-0.1, -0.05) is 102 Å². The summed E-state index contributed by atoms with van der Waals surface area (Å²) in [6.45, 7) is 6.92. The fourth-order valence-corrected chi connectivity index (χ4v) is 11.0. The Kier molecular flexibility index (Phi) is 11.5. The summed E-state index contributed by atoms with van der Waals surface area (Å²) in [5.41, 5.74) is 13.4. The quantitative estimate of drug-likeness (QED) is 0.123. The molecule has 0 bridgehead atoms. The largest absolute Gasteiger partial charge is 0.501 e. The summed E-state index contributed by atoms with van der Waals surface area (Å²) in [4.78, 5) is 9.83.